The summed E-state index contributed by atoms with van der Waals surface area (Å²) in [5, 5.41) is 3.67. The maximum Gasteiger partial charge on any atom is 0.225 e. The Labute approximate surface area is 143 Å². The Balaban J connectivity index is 1.34. The summed E-state index contributed by atoms with van der Waals surface area (Å²) in [6.07, 6.45) is 3.20. The van der Waals surface area contributed by atoms with Crippen LogP contribution in [-0.2, 0) is 11.3 Å². The predicted molar refractivity (Wildman–Crippen MR) is 91.1 cm³/mol. The van der Waals surface area contributed by atoms with Crippen LogP contribution >= 0.6 is 0 Å². The lowest BCUT2D eigenvalue weighted by atomic mass is 9.93. The first kappa shape index (κ1) is 15.8. The number of likely N-dealkylation sites (tertiary alicyclic amines) is 1. The molecule has 0 spiro atoms. The van der Waals surface area contributed by atoms with Gasteiger partial charge in [0.05, 0.1) is 0 Å². The lowest BCUT2D eigenvalue weighted by Crippen LogP contribution is -2.50. The smallest absolute Gasteiger partial charge is 0.225 e. The van der Waals surface area contributed by atoms with E-state index < -0.39 is 0 Å². The van der Waals surface area contributed by atoms with Crippen molar-refractivity contribution in [2.24, 2.45) is 11.8 Å². The van der Waals surface area contributed by atoms with Gasteiger partial charge in [-0.3, -0.25) is 4.79 Å². The number of nitrogens with zero attached hydrogens (tertiary/aromatic N) is 1. The lowest BCUT2D eigenvalue weighted by molar-refractivity contribution is -0.134. The Hall–Kier alpha value is -1.75. The van der Waals surface area contributed by atoms with Gasteiger partial charge in [0.25, 0.3) is 0 Å². The summed E-state index contributed by atoms with van der Waals surface area (Å²) in [7, 11) is 0. The summed E-state index contributed by atoms with van der Waals surface area (Å²) in [5.74, 6) is 2.90. The van der Waals surface area contributed by atoms with Crippen molar-refractivity contribution < 1.29 is 14.3 Å². The van der Waals surface area contributed by atoms with Crippen LogP contribution in [0.5, 0.6) is 11.5 Å². The van der Waals surface area contributed by atoms with Crippen molar-refractivity contribution >= 4 is 5.91 Å². The molecule has 5 nitrogen and oxygen atoms in total. The average Bonchev–Trinajstić information content (AvgIpc) is 3.45. The third kappa shape index (κ3) is 3.22. The van der Waals surface area contributed by atoms with Crippen LogP contribution in [0, 0.1) is 11.8 Å². The Morgan fingerprint density at radius 3 is 2.88 bits per heavy atom. The molecule has 5 heteroatoms. The summed E-state index contributed by atoms with van der Waals surface area (Å²) in [5.41, 5.74) is 1.15. The molecule has 0 bridgehead atoms. The fraction of sp³-hybridized carbons (Fsp3) is 0.632. The zero-order valence-corrected chi connectivity index (χ0v) is 14.3. The van der Waals surface area contributed by atoms with Crippen LogP contribution in [0.4, 0.5) is 0 Å². The molecule has 1 N–H and O–H groups in total. The van der Waals surface area contributed by atoms with Crippen LogP contribution in [0.2, 0.25) is 0 Å². The number of piperidine rings is 1. The van der Waals surface area contributed by atoms with E-state index in [0.717, 1.165) is 56.0 Å². The molecule has 2 heterocycles. The number of para-hydroxylation sites is 1. The predicted octanol–water partition coefficient (Wildman–Crippen LogP) is 2.19. The first-order valence-electron chi connectivity index (χ1n) is 9.12. The normalized spacial score (nSPS) is 26.3. The zero-order chi connectivity index (χ0) is 16.5. The zero-order valence-electron chi connectivity index (χ0n) is 14.3. The highest BCUT2D eigenvalue weighted by molar-refractivity contribution is 5.81. The summed E-state index contributed by atoms with van der Waals surface area (Å²) in [4.78, 5) is 14.3. The second-order valence-electron chi connectivity index (χ2n) is 7.25. The second kappa shape index (κ2) is 6.63. The van der Waals surface area contributed by atoms with Gasteiger partial charge in [-0.2, -0.15) is 0 Å². The minimum atomic E-state index is 0.328. The van der Waals surface area contributed by atoms with Gasteiger partial charge in [-0.25, -0.2) is 0 Å². The second-order valence-corrected chi connectivity index (χ2v) is 7.25. The largest absolute Gasteiger partial charge is 0.486 e. The molecule has 1 saturated heterocycles. The number of fused-ring (bicyclic) bond motifs is 1. The molecule has 1 aromatic carbocycles. The molecule has 24 heavy (non-hydrogen) atoms. The average molecular weight is 330 g/mol. The topological polar surface area (TPSA) is 50.8 Å². The van der Waals surface area contributed by atoms with Crippen LogP contribution in [0.15, 0.2) is 18.2 Å². The molecule has 1 amide bonds. The van der Waals surface area contributed by atoms with E-state index in [1.54, 1.807) is 0 Å². The monoisotopic (exact) mass is 330 g/mol. The number of amides is 1. The van der Waals surface area contributed by atoms with Crippen LogP contribution in [0.3, 0.4) is 0 Å². The van der Waals surface area contributed by atoms with Gasteiger partial charge in [0.1, 0.15) is 13.2 Å². The van der Waals surface area contributed by atoms with Crippen LogP contribution < -0.4 is 14.8 Å². The van der Waals surface area contributed by atoms with Gasteiger partial charge in [0.15, 0.2) is 11.5 Å². The first-order chi connectivity index (χ1) is 11.7. The summed E-state index contributed by atoms with van der Waals surface area (Å²) in [6.45, 7) is 6.00. The molecule has 2 aliphatic heterocycles. The highest BCUT2D eigenvalue weighted by Gasteiger charge is 2.36. The van der Waals surface area contributed by atoms with E-state index in [1.807, 2.05) is 12.1 Å². The quantitative estimate of drug-likeness (QED) is 0.919. The van der Waals surface area contributed by atoms with E-state index in [-0.39, 0.29) is 0 Å². The van der Waals surface area contributed by atoms with Crippen molar-refractivity contribution in [3.8, 4) is 11.5 Å². The van der Waals surface area contributed by atoms with Crippen molar-refractivity contribution in [3.05, 3.63) is 23.8 Å². The van der Waals surface area contributed by atoms with Crippen LogP contribution in [0.25, 0.3) is 0 Å². The Morgan fingerprint density at radius 2 is 2.08 bits per heavy atom. The van der Waals surface area contributed by atoms with Crippen molar-refractivity contribution in [1.82, 2.24) is 10.2 Å². The number of carbonyl (C=O) groups excluding carboxylic acids is 1. The molecule has 4 rings (SSSR count). The Morgan fingerprint density at radius 1 is 1.25 bits per heavy atom. The van der Waals surface area contributed by atoms with Gasteiger partial charge in [-0.05, 0) is 31.2 Å². The van der Waals surface area contributed by atoms with Crippen molar-refractivity contribution in [2.75, 3.05) is 26.3 Å². The van der Waals surface area contributed by atoms with Gasteiger partial charge in [0.2, 0.25) is 5.91 Å². The van der Waals surface area contributed by atoms with Crippen molar-refractivity contribution in [3.63, 3.8) is 0 Å². The van der Waals surface area contributed by atoms with Crippen LogP contribution in [-0.4, -0.2) is 43.2 Å². The van der Waals surface area contributed by atoms with Gasteiger partial charge in [-0.1, -0.05) is 19.1 Å². The number of nitrogens with one attached hydrogen (secondary N) is 1. The van der Waals surface area contributed by atoms with Crippen molar-refractivity contribution in [1.29, 1.82) is 0 Å². The van der Waals surface area contributed by atoms with E-state index in [2.05, 4.69) is 23.2 Å². The summed E-state index contributed by atoms with van der Waals surface area (Å²) in [6, 6.07) is 6.51. The molecule has 2 fully saturated rings. The standard InChI is InChI=1S/C19H26N2O3/c1-13-12-21(19(22)14-5-6-14)8-7-16(13)20-11-15-3-2-4-17-18(15)24-10-9-23-17/h2-4,13-14,16,20H,5-12H2,1H3. The lowest BCUT2D eigenvalue weighted by Gasteiger charge is -2.37. The summed E-state index contributed by atoms with van der Waals surface area (Å²) < 4.78 is 11.4. The maximum atomic E-state index is 12.2. The number of hydrogen-bond donors (Lipinski definition) is 1. The van der Waals surface area contributed by atoms with Crippen LogP contribution in [0.1, 0.15) is 31.7 Å². The molecule has 0 aromatic heterocycles. The first-order valence-corrected chi connectivity index (χ1v) is 9.12. The van der Waals surface area contributed by atoms with Gasteiger partial charge in [0, 0.05) is 37.2 Å². The Kier molecular flexibility index (Phi) is 4.35. The van der Waals surface area contributed by atoms with E-state index in [1.165, 1.54) is 0 Å². The molecule has 1 aliphatic carbocycles. The minimum absolute atomic E-state index is 0.328. The van der Waals surface area contributed by atoms with Gasteiger partial charge in [-0.15, -0.1) is 0 Å². The minimum Gasteiger partial charge on any atom is -0.486 e. The third-order valence-corrected chi connectivity index (χ3v) is 5.35. The third-order valence-electron chi connectivity index (χ3n) is 5.35. The van der Waals surface area contributed by atoms with Crippen molar-refractivity contribution in [2.45, 2.75) is 38.8 Å². The molecule has 2 atom stereocenters. The number of hydrogen-bond acceptors (Lipinski definition) is 4. The highest BCUT2D eigenvalue weighted by atomic mass is 16.6. The van der Waals surface area contributed by atoms with E-state index in [0.29, 0.717) is 37.0 Å². The molecular formula is C19H26N2O3. The number of carbonyl (C=O) groups is 1. The molecule has 2 unspecified atom stereocenters. The number of ether oxygens (including phenoxy) is 2. The van der Waals surface area contributed by atoms with E-state index >= 15 is 0 Å². The number of rotatable bonds is 4. The highest BCUT2D eigenvalue weighted by Crippen LogP contribution is 2.34. The summed E-state index contributed by atoms with van der Waals surface area (Å²) >= 11 is 0. The van der Waals surface area contributed by atoms with E-state index in [4.69, 9.17) is 9.47 Å². The molecule has 3 aliphatic rings. The van der Waals surface area contributed by atoms with Gasteiger partial charge >= 0.3 is 0 Å². The Bertz CT molecular complexity index is 615. The SMILES string of the molecule is CC1CN(C(=O)C2CC2)CCC1NCc1cccc2c1OCCO2. The number of benzene rings is 1. The molecule has 130 valence electrons. The van der Waals surface area contributed by atoms with Gasteiger partial charge < -0.3 is 19.7 Å². The molecule has 0 radical (unpaired) electrons. The molecular weight excluding hydrogens is 304 g/mol. The molecule has 1 saturated carbocycles. The molecule has 1 aromatic rings. The van der Waals surface area contributed by atoms with E-state index in [9.17, 15) is 4.79 Å². The maximum absolute atomic E-state index is 12.2. The fourth-order valence-corrected chi connectivity index (χ4v) is 3.75. The fourth-order valence-electron chi connectivity index (χ4n) is 3.75.